The Morgan fingerprint density at radius 3 is 1.30 bits per heavy atom. The summed E-state index contributed by atoms with van der Waals surface area (Å²) in [5.41, 5.74) is 3.78. The van der Waals surface area contributed by atoms with Gasteiger partial charge in [0.25, 0.3) is 0 Å². The molecule has 3 heteroatoms. The Kier molecular flexibility index (Phi) is 21.8. The van der Waals surface area contributed by atoms with Crippen LogP contribution in [0.3, 0.4) is 0 Å². The van der Waals surface area contributed by atoms with Crippen molar-refractivity contribution >= 4 is 5.78 Å². The van der Waals surface area contributed by atoms with Gasteiger partial charge in [-0.05, 0) is 13.3 Å². The van der Waals surface area contributed by atoms with E-state index in [1.54, 1.807) is 0 Å². The molecular formula is C20H42ClNO. The molecule has 0 aliphatic rings. The molecule has 2 nitrogen and oxygen atoms in total. The summed E-state index contributed by atoms with van der Waals surface area (Å²) in [5.74, 6) is 0.328. The molecule has 23 heavy (non-hydrogen) atoms. The average molecular weight is 348 g/mol. The molecule has 0 unspecified atom stereocenters. The Morgan fingerprint density at radius 2 is 1.00 bits per heavy atom. The van der Waals surface area contributed by atoms with Gasteiger partial charge < -0.3 is 18.1 Å². The highest BCUT2D eigenvalue weighted by Crippen LogP contribution is 2.13. The molecule has 0 saturated heterocycles. The molecule has 0 aromatic rings. The molecule has 0 heterocycles. The van der Waals surface area contributed by atoms with E-state index in [9.17, 15) is 4.79 Å². The number of carbonyl (C=O) groups excluding carboxylic acids is 1. The highest BCUT2D eigenvalue weighted by Gasteiger charge is 2.09. The molecule has 3 N–H and O–H groups in total. The Labute approximate surface area is 151 Å². The lowest BCUT2D eigenvalue weighted by Gasteiger charge is -2.04. The van der Waals surface area contributed by atoms with Gasteiger partial charge >= 0.3 is 0 Å². The molecule has 0 spiro atoms. The fourth-order valence-corrected chi connectivity index (χ4v) is 2.92. The summed E-state index contributed by atoms with van der Waals surface area (Å²) in [7, 11) is 0. The van der Waals surface area contributed by atoms with E-state index in [1.165, 1.54) is 89.9 Å². The number of hydrogen-bond donors (Lipinski definition) is 1. The Morgan fingerprint density at radius 1 is 0.696 bits per heavy atom. The lowest BCUT2D eigenvalue weighted by molar-refractivity contribution is -0.397. The topological polar surface area (TPSA) is 44.7 Å². The van der Waals surface area contributed by atoms with E-state index in [4.69, 9.17) is 0 Å². The summed E-state index contributed by atoms with van der Waals surface area (Å²) in [6, 6.07) is -0.0216. The molecule has 1 atom stereocenters. The van der Waals surface area contributed by atoms with Gasteiger partial charge in [-0.2, -0.15) is 0 Å². The fourth-order valence-electron chi connectivity index (χ4n) is 2.92. The average Bonchev–Trinajstić information content (AvgIpc) is 2.50. The SMILES string of the molecule is CCCCCCCCCCCCCCCCCC(=O)[C@H](C)[NH3+].[Cl-]. The first-order chi connectivity index (χ1) is 10.7. The molecule has 0 bridgehead atoms. The largest absolute Gasteiger partial charge is 1.00 e. The summed E-state index contributed by atoms with van der Waals surface area (Å²) in [6.45, 7) is 4.18. The predicted molar refractivity (Wildman–Crippen MR) is 96.9 cm³/mol. The molecule has 0 radical (unpaired) electrons. The van der Waals surface area contributed by atoms with Crippen LogP contribution in [0.4, 0.5) is 0 Å². The van der Waals surface area contributed by atoms with Gasteiger partial charge in [0.05, 0.1) is 0 Å². The Bertz CT molecular complexity index is 244. The highest BCUT2D eigenvalue weighted by atomic mass is 35.5. The Hall–Kier alpha value is -0.0800. The van der Waals surface area contributed by atoms with Crippen molar-refractivity contribution in [1.82, 2.24) is 0 Å². The van der Waals surface area contributed by atoms with Crippen LogP contribution in [0.25, 0.3) is 0 Å². The van der Waals surface area contributed by atoms with Crippen LogP contribution in [0.1, 0.15) is 117 Å². The number of hydrogen-bond acceptors (Lipinski definition) is 1. The maximum atomic E-state index is 11.4. The van der Waals surface area contributed by atoms with E-state index in [0.717, 1.165) is 12.8 Å². The van der Waals surface area contributed by atoms with Crippen LogP contribution >= 0.6 is 0 Å². The lowest BCUT2D eigenvalue weighted by Crippen LogP contribution is -3.00. The minimum Gasteiger partial charge on any atom is -1.00 e. The van der Waals surface area contributed by atoms with Crippen molar-refractivity contribution in [3.63, 3.8) is 0 Å². The molecule has 0 aromatic carbocycles. The van der Waals surface area contributed by atoms with Crippen LogP contribution in [-0.2, 0) is 4.79 Å². The summed E-state index contributed by atoms with van der Waals surface area (Å²) >= 11 is 0. The van der Waals surface area contributed by atoms with Crippen LogP contribution in [0, 0.1) is 0 Å². The molecule has 0 fully saturated rings. The minimum atomic E-state index is -0.0216. The van der Waals surface area contributed by atoms with E-state index >= 15 is 0 Å². The normalized spacial score (nSPS) is 12.0. The van der Waals surface area contributed by atoms with Gasteiger partial charge in [-0.15, -0.1) is 0 Å². The second-order valence-electron chi connectivity index (χ2n) is 7.07. The van der Waals surface area contributed by atoms with Gasteiger partial charge in [-0.1, -0.05) is 96.8 Å². The van der Waals surface area contributed by atoms with Crippen LogP contribution in [0.2, 0.25) is 0 Å². The third-order valence-electron chi connectivity index (χ3n) is 4.58. The van der Waals surface area contributed by atoms with Gasteiger partial charge in [0.2, 0.25) is 0 Å². The van der Waals surface area contributed by atoms with E-state index in [0.29, 0.717) is 5.78 Å². The predicted octanol–water partition coefficient (Wildman–Crippen LogP) is 2.45. The summed E-state index contributed by atoms with van der Waals surface area (Å²) in [5, 5.41) is 0. The van der Waals surface area contributed by atoms with Crippen molar-refractivity contribution in [2.24, 2.45) is 0 Å². The minimum absolute atomic E-state index is 0. The van der Waals surface area contributed by atoms with Gasteiger partial charge in [0.15, 0.2) is 5.78 Å². The van der Waals surface area contributed by atoms with Crippen molar-refractivity contribution < 1.29 is 22.9 Å². The van der Waals surface area contributed by atoms with Crippen LogP contribution in [0.5, 0.6) is 0 Å². The van der Waals surface area contributed by atoms with E-state index in [-0.39, 0.29) is 18.4 Å². The Balaban J connectivity index is 0. The zero-order chi connectivity index (χ0) is 16.5. The maximum Gasteiger partial charge on any atom is 0.189 e. The van der Waals surface area contributed by atoms with Crippen molar-refractivity contribution in [3.05, 3.63) is 0 Å². The molecule has 140 valence electrons. The van der Waals surface area contributed by atoms with Gasteiger partial charge in [0.1, 0.15) is 6.04 Å². The third kappa shape index (κ3) is 19.9. The van der Waals surface area contributed by atoms with Crippen LogP contribution in [0.15, 0.2) is 0 Å². The van der Waals surface area contributed by atoms with E-state index < -0.39 is 0 Å². The van der Waals surface area contributed by atoms with Gasteiger partial charge in [-0.3, -0.25) is 4.79 Å². The molecule has 0 aliphatic heterocycles. The van der Waals surface area contributed by atoms with Gasteiger partial charge in [-0.25, -0.2) is 0 Å². The summed E-state index contributed by atoms with van der Waals surface area (Å²) in [6.07, 6.45) is 21.3. The van der Waals surface area contributed by atoms with Crippen molar-refractivity contribution in [1.29, 1.82) is 0 Å². The number of rotatable bonds is 17. The molecule has 0 saturated carbocycles. The molecule has 0 amide bonds. The highest BCUT2D eigenvalue weighted by molar-refractivity contribution is 5.81. The van der Waals surface area contributed by atoms with Crippen LogP contribution < -0.4 is 18.1 Å². The first-order valence-corrected chi connectivity index (χ1v) is 10.0. The zero-order valence-corrected chi connectivity index (χ0v) is 16.6. The smallest absolute Gasteiger partial charge is 0.189 e. The standard InChI is InChI=1S/C20H41NO.ClH/c1-3-4-5-6-7-8-9-10-11-12-13-14-15-16-17-18-20(22)19(2)21;/h19H,3-18,21H2,1-2H3;1H/t19-;/m0./s1. The lowest BCUT2D eigenvalue weighted by atomic mass is 10.0. The number of unbranched alkanes of at least 4 members (excludes halogenated alkanes) is 14. The maximum absolute atomic E-state index is 11.4. The number of Topliss-reactive ketones (excluding diaryl/α,β-unsaturated/α-hetero) is 1. The van der Waals surface area contributed by atoms with E-state index in [1.807, 2.05) is 6.92 Å². The number of quaternary nitrogens is 1. The van der Waals surface area contributed by atoms with Crippen LogP contribution in [-0.4, -0.2) is 11.8 Å². The first kappa shape index (κ1) is 25.2. The number of halogens is 1. The van der Waals surface area contributed by atoms with Crippen molar-refractivity contribution in [2.75, 3.05) is 0 Å². The van der Waals surface area contributed by atoms with Gasteiger partial charge in [0, 0.05) is 6.42 Å². The summed E-state index contributed by atoms with van der Waals surface area (Å²) < 4.78 is 0. The molecular weight excluding hydrogens is 306 g/mol. The van der Waals surface area contributed by atoms with Crippen molar-refractivity contribution in [3.8, 4) is 0 Å². The summed E-state index contributed by atoms with van der Waals surface area (Å²) in [4.78, 5) is 11.4. The monoisotopic (exact) mass is 347 g/mol. The fraction of sp³-hybridized carbons (Fsp3) is 0.950. The molecule has 0 aliphatic carbocycles. The zero-order valence-electron chi connectivity index (χ0n) is 15.9. The number of ketones is 1. The first-order valence-electron chi connectivity index (χ1n) is 10.0. The second kappa shape index (κ2) is 20.0. The third-order valence-corrected chi connectivity index (χ3v) is 4.58. The van der Waals surface area contributed by atoms with E-state index in [2.05, 4.69) is 12.7 Å². The second-order valence-corrected chi connectivity index (χ2v) is 7.07. The molecule has 0 aromatic heterocycles. The molecule has 0 rings (SSSR count). The number of carbonyl (C=O) groups is 1. The van der Waals surface area contributed by atoms with Crippen molar-refractivity contribution in [2.45, 2.75) is 123 Å². The quantitative estimate of drug-likeness (QED) is 0.403.